The summed E-state index contributed by atoms with van der Waals surface area (Å²) in [6.07, 6.45) is -3.24. The molecule has 5 heterocycles. The van der Waals surface area contributed by atoms with E-state index in [0.717, 1.165) is 17.7 Å². The number of amides is 4. The number of nitrogens with zero attached hydrogens (tertiary/aromatic N) is 6. The molecule has 0 spiro atoms. The number of hydrogen-bond donors (Lipinski definition) is 3. The molecule has 2 aromatic heterocycles. The quantitative estimate of drug-likeness (QED) is 0.0769. The second kappa shape index (κ2) is 19.7. The van der Waals surface area contributed by atoms with Gasteiger partial charge >= 0.3 is 6.18 Å². The third kappa shape index (κ3) is 10.3. The number of rotatable bonds is 16. The van der Waals surface area contributed by atoms with Crippen molar-refractivity contribution in [3.63, 3.8) is 0 Å². The number of carbonyl (C=O) groups is 4. The van der Waals surface area contributed by atoms with E-state index in [2.05, 4.69) is 25.3 Å². The molecule has 68 heavy (non-hydrogen) atoms. The standard InChI is InChI=1S/C48H46ClF3N8O8/c49-33-8-14-38-39(26-33)54-47(53-38)60-46(65)37(43(56-60)30-4-6-32(7-5-30)48(50,51)52)12-3-29-1-9-34(10-2-29)67-24-23-66-22-21-57-17-19-58(20-18-57)42(62)28-68-35-11-13-36-31(25-35)27-59(45(36)64)40-15-16-41(61)55-44(40)63/h1-2,4-11,13-14,25-26,40,65H,3,12,15-24,27-28H2,(H,53,54)(H,55,61,63). The van der Waals surface area contributed by atoms with Crippen molar-refractivity contribution in [2.45, 2.75) is 44.4 Å². The van der Waals surface area contributed by atoms with Crippen LogP contribution in [0.25, 0.3) is 28.2 Å². The summed E-state index contributed by atoms with van der Waals surface area (Å²) in [6.45, 7) is 4.42. The van der Waals surface area contributed by atoms with Gasteiger partial charge in [0.2, 0.25) is 23.6 Å². The van der Waals surface area contributed by atoms with Gasteiger partial charge in [0.25, 0.3) is 11.8 Å². The van der Waals surface area contributed by atoms with E-state index in [9.17, 15) is 37.5 Å². The van der Waals surface area contributed by atoms with Crippen LogP contribution in [0, 0.1) is 0 Å². The highest BCUT2D eigenvalue weighted by Gasteiger charge is 2.39. The molecule has 0 radical (unpaired) electrons. The zero-order valence-corrected chi connectivity index (χ0v) is 37.3. The Balaban J connectivity index is 0.694. The molecule has 9 rings (SSSR count). The molecule has 4 amide bonds. The summed E-state index contributed by atoms with van der Waals surface area (Å²) in [4.78, 5) is 63.0. The number of alkyl halides is 3. The molecule has 2 saturated heterocycles. The highest BCUT2D eigenvalue weighted by Crippen LogP contribution is 2.36. The molecular weight excluding hydrogens is 909 g/mol. The number of halogens is 4. The summed E-state index contributed by atoms with van der Waals surface area (Å²) in [7, 11) is 0. The molecule has 354 valence electrons. The largest absolute Gasteiger partial charge is 0.493 e. The Hall–Kier alpha value is -6.96. The van der Waals surface area contributed by atoms with Gasteiger partial charge < -0.3 is 34.1 Å². The van der Waals surface area contributed by atoms with Gasteiger partial charge in [0, 0.05) is 67.4 Å². The third-order valence-electron chi connectivity index (χ3n) is 12.3. The summed E-state index contributed by atoms with van der Waals surface area (Å²) >= 11 is 6.15. The summed E-state index contributed by atoms with van der Waals surface area (Å²) in [6, 6.07) is 21.6. The normalized spacial score (nSPS) is 16.6. The van der Waals surface area contributed by atoms with Crippen LogP contribution in [0.15, 0.2) is 84.9 Å². The van der Waals surface area contributed by atoms with Crippen molar-refractivity contribution >= 4 is 46.3 Å². The molecule has 16 nitrogen and oxygen atoms in total. The number of aromatic hydroxyl groups is 1. The van der Waals surface area contributed by atoms with Gasteiger partial charge in [-0.15, -0.1) is 0 Å². The first kappa shape index (κ1) is 46.2. The fourth-order valence-electron chi connectivity index (χ4n) is 8.57. The molecule has 20 heteroatoms. The smallest absolute Gasteiger partial charge is 0.416 e. The van der Waals surface area contributed by atoms with Crippen LogP contribution >= 0.6 is 11.6 Å². The van der Waals surface area contributed by atoms with Gasteiger partial charge in [-0.1, -0.05) is 35.9 Å². The maximum Gasteiger partial charge on any atom is 0.416 e. The van der Waals surface area contributed by atoms with E-state index in [4.69, 9.17) is 25.8 Å². The lowest BCUT2D eigenvalue weighted by Gasteiger charge is -2.34. The minimum Gasteiger partial charge on any atom is -0.493 e. The number of nitrogens with one attached hydrogen (secondary N) is 2. The Morgan fingerprint density at radius 1 is 0.868 bits per heavy atom. The van der Waals surface area contributed by atoms with Crippen molar-refractivity contribution < 1.29 is 51.7 Å². The van der Waals surface area contributed by atoms with Gasteiger partial charge in [0.05, 0.1) is 29.8 Å². The first-order chi connectivity index (χ1) is 32.8. The third-order valence-corrected chi connectivity index (χ3v) is 12.5. The van der Waals surface area contributed by atoms with Crippen molar-refractivity contribution in [2.75, 3.05) is 59.2 Å². The Bertz CT molecular complexity index is 2840. The lowest BCUT2D eigenvalue weighted by Crippen LogP contribution is -2.52. The van der Waals surface area contributed by atoms with Crippen LogP contribution in [-0.2, 0) is 44.7 Å². The van der Waals surface area contributed by atoms with Crippen molar-refractivity contribution in [3.05, 3.63) is 118 Å². The van der Waals surface area contributed by atoms with Crippen LogP contribution in [0.5, 0.6) is 17.4 Å². The van der Waals surface area contributed by atoms with Gasteiger partial charge in [-0.3, -0.25) is 29.4 Å². The number of aromatic amines is 1. The molecule has 4 aromatic carbocycles. The van der Waals surface area contributed by atoms with Crippen LogP contribution in [0.4, 0.5) is 13.2 Å². The Labute approximate surface area is 392 Å². The second-order valence-electron chi connectivity index (χ2n) is 16.7. The predicted octanol–water partition coefficient (Wildman–Crippen LogP) is 5.96. The highest BCUT2D eigenvalue weighted by molar-refractivity contribution is 6.31. The average Bonchev–Trinajstić information content (AvgIpc) is 4.00. The number of aryl methyl sites for hydroxylation is 1. The Kier molecular flexibility index (Phi) is 13.4. The molecule has 0 bridgehead atoms. The number of carbonyl (C=O) groups excluding carboxylic acids is 4. The second-order valence-corrected chi connectivity index (χ2v) is 17.1. The van der Waals surface area contributed by atoms with Crippen LogP contribution in [-0.4, -0.2) is 128 Å². The van der Waals surface area contributed by atoms with E-state index in [1.165, 1.54) is 21.7 Å². The molecule has 0 aliphatic carbocycles. The number of aromatic nitrogens is 4. The molecule has 3 N–H and O–H groups in total. The van der Waals surface area contributed by atoms with Crippen LogP contribution in [0.3, 0.4) is 0 Å². The number of ether oxygens (including phenoxy) is 3. The molecule has 0 saturated carbocycles. The molecule has 2 fully saturated rings. The summed E-state index contributed by atoms with van der Waals surface area (Å²) in [5, 5.41) is 18.8. The first-order valence-electron chi connectivity index (χ1n) is 22.1. The van der Waals surface area contributed by atoms with Crippen molar-refractivity contribution in [1.29, 1.82) is 0 Å². The zero-order valence-electron chi connectivity index (χ0n) is 36.6. The lowest BCUT2D eigenvalue weighted by molar-refractivity contribution is -0.138. The van der Waals surface area contributed by atoms with Crippen LogP contribution in [0.1, 0.15) is 45.5 Å². The summed E-state index contributed by atoms with van der Waals surface area (Å²) in [5.41, 5.74) is 3.71. The fraction of sp³-hybridized carbons (Fsp3) is 0.333. The van der Waals surface area contributed by atoms with E-state index in [0.29, 0.717) is 121 Å². The number of fused-ring (bicyclic) bond motifs is 2. The minimum absolute atomic E-state index is 0.142. The lowest BCUT2D eigenvalue weighted by atomic mass is 10.00. The number of piperidine rings is 1. The monoisotopic (exact) mass is 954 g/mol. The maximum atomic E-state index is 13.4. The SMILES string of the molecule is O=C1CCC(N2Cc3cc(OCC(=O)N4CCN(CCOCCOc5ccc(CCc6c(-c7ccc(C(F)(F)F)cc7)nn(-c7nc8cc(Cl)ccc8[nH]7)c6O)cc5)CC4)ccc3C2=O)C(=O)N1. The van der Waals surface area contributed by atoms with E-state index in [1.807, 2.05) is 24.3 Å². The average molecular weight is 955 g/mol. The maximum absolute atomic E-state index is 13.4. The number of imide groups is 1. The van der Waals surface area contributed by atoms with Crippen molar-refractivity contribution in [3.8, 4) is 34.6 Å². The minimum atomic E-state index is -4.50. The van der Waals surface area contributed by atoms with E-state index < -0.39 is 23.7 Å². The van der Waals surface area contributed by atoms with Crippen molar-refractivity contribution in [2.24, 2.45) is 0 Å². The predicted molar refractivity (Wildman–Crippen MR) is 241 cm³/mol. The van der Waals surface area contributed by atoms with E-state index >= 15 is 0 Å². The number of benzene rings is 4. The molecule has 6 aromatic rings. The molecular formula is C48H46ClF3N8O8. The summed E-state index contributed by atoms with van der Waals surface area (Å²) in [5.74, 6) is -0.0978. The zero-order chi connectivity index (χ0) is 47.5. The first-order valence-corrected chi connectivity index (χ1v) is 22.5. The van der Waals surface area contributed by atoms with Gasteiger partial charge in [-0.25, -0.2) is 4.98 Å². The topological polar surface area (TPSA) is 184 Å². The highest BCUT2D eigenvalue weighted by atomic mass is 35.5. The number of H-pyrrole nitrogens is 1. The van der Waals surface area contributed by atoms with Gasteiger partial charge in [0.15, 0.2) is 6.61 Å². The Morgan fingerprint density at radius 2 is 1.63 bits per heavy atom. The van der Waals surface area contributed by atoms with Gasteiger partial charge in [-0.2, -0.15) is 23.0 Å². The molecule has 3 aliphatic rings. The van der Waals surface area contributed by atoms with E-state index in [1.54, 1.807) is 41.3 Å². The van der Waals surface area contributed by atoms with Crippen LogP contribution < -0.4 is 14.8 Å². The Morgan fingerprint density at radius 3 is 2.38 bits per heavy atom. The molecule has 1 atom stereocenters. The van der Waals surface area contributed by atoms with Crippen LogP contribution in [0.2, 0.25) is 5.02 Å². The van der Waals surface area contributed by atoms with Gasteiger partial charge in [-0.05, 0) is 91.1 Å². The number of hydrogen-bond acceptors (Lipinski definition) is 11. The number of imidazole rings is 1. The van der Waals surface area contributed by atoms with E-state index in [-0.39, 0.29) is 55.5 Å². The fourth-order valence-corrected chi connectivity index (χ4v) is 8.73. The number of piperazine rings is 1. The molecule has 3 aliphatic heterocycles. The summed E-state index contributed by atoms with van der Waals surface area (Å²) < 4.78 is 58.9. The van der Waals surface area contributed by atoms with Crippen molar-refractivity contribution in [1.82, 2.24) is 39.8 Å². The molecule has 1 unspecified atom stereocenters. The van der Waals surface area contributed by atoms with Gasteiger partial charge in [0.1, 0.15) is 29.8 Å².